The normalized spacial score (nSPS) is 10.5. The monoisotopic (exact) mass is 382 g/mol. The highest BCUT2D eigenvalue weighted by molar-refractivity contribution is 6.03. The van der Waals surface area contributed by atoms with Gasteiger partial charge < -0.3 is 9.47 Å². The van der Waals surface area contributed by atoms with Crippen molar-refractivity contribution < 1.29 is 19.1 Å². The zero-order valence-electron chi connectivity index (χ0n) is 17.1. The number of hydrogen-bond acceptors (Lipinski definition) is 4. The molecule has 0 spiro atoms. The standard InChI is InChI=1S/C24H30O4/c1-4-5-6-7-8-11-17-27-23(25)20-14-9-10-15-21(20)24(26)28-22-16-12-13-18(2)19(22)3/h9-10,12-16H,4-8,11,17H2,1-3H3. The van der Waals surface area contributed by atoms with Crippen molar-refractivity contribution in [3.8, 4) is 5.75 Å². The van der Waals surface area contributed by atoms with Crippen LogP contribution in [-0.4, -0.2) is 18.5 Å². The van der Waals surface area contributed by atoms with Crippen LogP contribution in [0.3, 0.4) is 0 Å². The van der Waals surface area contributed by atoms with Crippen molar-refractivity contribution in [3.05, 3.63) is 64.7 Å². The van der Waals surface area contributed by atoms with Crippen LogP contribution >= 0.6 is 0 Å². The Kier molecular flexibility index (Phi) is 8.73. The SMILES string of the molecule is CCCCCCCCOC(=O)c1ccccc1C(=O)Oc1cccc(C)c1C. The van der Waals surface area contributed by atoms with Gasteiger partial charge in [-0.15, -0.1) is 0 Å². The van der Waals surface area contributed by atoms with E-state index in [1.807, 2.05) is 26.0 Å². The molecule has 2 aromatic carbocycles. The van der Waals surface area contributed by atoms with Crippen LogP contribution in [0.1, 0.15) is 77.3 Å². The van der Waals surface area contributed by atoms with Gasteiger partial charge in [-0.1, -0.05) is 63.3 Å². The van der Waals surface area contributed by atoms with Gasteiger partial charge in [-0.2, -0.15) is 0 Å². The van der Waals surface area contributed by atoms with Crippen LogP contribution in [-0.2, 0) is 4.74 Å². The second-order valence-electron chi connectivity index (χ2n) is 7.04. The maximum atomic E-state index is 12.6. The zero-order valence-corrected chi connectivity index (χ0v) is 17.1. The highest BCUT2D eigenvalue weighted by Crippen LogP contribution is 2.22. The average Bonchev–Trinajstić information content (AvgIpc) is 2.70. The summed E-state index contributed by atoms with van der Waals surface area (Å²) in [7, 11) is 0. The lowest BCUT2D eigenvalue weighted by atomic mass is 10.1. The Labute approximate surface area is 167 Å². The topological polar surface area (TPSA) is 52.6 Å². The van der Waals surface area contributed by atoms with E-state index in [9.17, 15) is 9.59 Å². The van der Waals surface area contributed by atoms with Crippen LogP contribution < -0.4 is 4.74 Å². The molecule has 0 atom stereocenters. The van der Waals surface area contributed by atoms with Crippen molar-refractivity contribution in [1.82, 2.24) is 0 Å². The number of rotatable bonds is 10. The summed E-state index contributed by atoms with van der Waals surface area (Å²) in [5.74, 6) is -0.539. The summed E-state index contributed by atoms with van der Waals surface area (Å²) in [6.45, 7) is 6.41. The van der Waals surface area contributed by atoms with Crippen molar-refractivity contribution >= 4 is 11.9 Å². The number of aryl methyl sites for hydroxylation is 1. The van der Waals surface area contributed by atoms with Crippen LogP contribution in [0.25, 0.3) is 0 Å². The van der Waals surface area contributed by atoms with E-state index in [2.05, 4.69) is 6.92 Å². The molecule has 0 aliphatic rings. The van der Waals surface area contributed by atoms with Crippen LogP contribution in [0.5, 0.6) is 5.75 Å². The fourth-order valence-electron chi connectivity index (χ4n) is 2.95. The molecule has 0 unspecified atom stereocenters. The van der Waals surface area contributed by atoms with Gasteiger partial charge in [-0.3, -0.25) is 0 Å². The third-order valence-corrected chi connectivity index (χ3v) is 4.86. The predicted octanol–water partition coefficient (Wildman–Crippen LogP) is 6.04. The van der Waals surface area contributed by atoms with Gasteiger partial charge in [0.1, 0.15) is 5.75 Å². The Morgan fingerprint density at radius 3 is 2.14 bits per heavy atom. The van der Waals surface area contributed by atoms with E-state index in [1.54, 1.807) is 30.3 Å². The molecule has 150 valence electrons. The van der Waals surface area contributed by atoms with Crippen molar-refractivity contribution in [2.45, 2.75) is 59.3 Å². The highest BCUT2D eigenvalue weighted by Gasteiger charge is 2.20. The molecule has 0 radical (unpaired) electrons. The smallest absolute Gasteiger partial charge is 0.344 e. The maximum Gasteiger partial charge on any atom is 0.344 e. The Morgan fingerprint density at radius 1 is 0.786 bits per heavy atom. The molecule has 0 fully saturated rings. The summed E-state index contributed by atoms with van der Waals surface area (Å²) in [5, 5.41) is 0. The Balaban J connectivity index is 1.96. The quantitative estimate of drug-likeness (QED) is 0.285. The summed E-state index contributed by atoms with van der Waals surface area (Å²) in [6.07, 6.45) is 6.72. The Morgan fingerprint density at radius 2 is 1.43 bits per heavy atom. The third-order valence-electron chi connectivity index (χ3n) is 4.86. The molecular formula is C24H30O4. The summed E-state index contributed by atoms with van der Waals surface area (Å²) in [4.78, 5) is 25.1. The molecule has 0 N–H and O–H groups in total. The van der Waals surface area contributed by atoms with Gasteiger partial charge in [0.15, 0.2) is 0 Å². The molecule has 4 heteroatoms. The van der Waals surface area contributed by atoms with E-state index < -0.39 is 11.9 Å². The first-order valence-electron chi connectivity index (χ1n) is 10.1. The number of esters is 2. The minimum Gasteiger partial charge on any atom is -0.462 e. The number of carbonyl (C=O) groups is 2. The van der Waals surface area contributed by atoms with Crippen LogP contribution in [0.15, 0.2) is 42.5 Å². The number of unbranched alkanes of at least 4 members (excludes halogenated alkanes) is 5. The molecule has 0 aliphatic carbocycles. The zero-order chi connectivity index (χ0) is 20.4. The van der Waals surface area contributed by atoms with Gasteiger partial charge in [-0.05, 0) is 49.6 Å². The fourth-order valence-corrected chi connectivity index (χ4v) is 2.95. The van der Waals surface area contributed by atoms with Gasteiger partial charge in [0.05, 0.1) is 17.7 Å². The second-order valence-corrected chi connectivity index (χ2v) is 7.04. The lowest BCUT2D eigenvalue weighted by molar-refractivity contribution is 0.0489. The van der Waals surface area contributed by atoms with E-state index in [1.165, 1.54) is 19.3 Å². The van der Waals surface area contributed by atoms with Crippen LogP contribution in [0, 0.1) is 13.8 Å². The van der Waals surface area contributed by atoms with Crippen LogP contribution in [0.2, 0.25) is 0 Å². The first-order valence-corrected chi connectivity index (χ1v) is 10.1. The molecule has 0 saturated carbocycles. The molecule has 2 aromatic rings. The van der Waals surface area contributed by atoms with E-state index in [-0.39, 0.29) is 11.1 Å². The van der Waals surface area contributed by atoms with Crippen molar-refractivity contribution in [2.75, 3.05) is 6.61 Å². The molecule has 0 aliphatic heterocycles. The van der Waals surface area contributed by atoms with Crippen LogP contribution in [0.4, 0.5) is 0 Å². The largest absolute Gasteiger partial charge is 0.462 e. The molecule has 0 heterocycles. The number of benzene rings is 2. The van der Waals surface area contributed by atoms with Crippen molar-refractivity contribution in [2.24, 2.45) is 0 Å². The van der Waals surface area contributed by atoms with Gasteiger partial charge in [0.25, 0.3) is 0 Å². The molecular weight excluding hydrogens is 352 g/mol. The van der Waals surface area contributed by atoms with E-state index in [0.717, 1.165) is 30.4 Å². The third kappa shape index (κ3) is 6.22. The minimum atomic E-state index is -0.555. The van der Waals surface area contributed by atoms with E-state index >= 15 is 0 Å². The molecule has 4 nitrogen and oxygen atoms in total. The van der Waals surface area contributed by atoms with Gasteiger partial charge in [-0.25, -0.2) is 9.59 Å². The molecule has 28 heavy (non-hydrogen) atoms. The maximum absolute atomic E-state index is 12.6. The van der Waals surface area contributed by atoms with Gasteiger partial charge >= 0.3 is 11.9 Å². The lowest BCUT2D eigenvalue weighted by Crippen LogP contribution is -2.16. The molecule has 0 bridgehead atoms. The Hall–Kier alpha value is -2.62. The van der Waals surface area contributed by atoms with Crippen molar-refractivity contribution in [1.29, 1.82) is 0 Å². The fraction of sp³-hybridized carbons (Fsp3) is 0.417. The summed E-state index contributed by atoms with van der Waals surface area (Å²) >= 11 is 0. The van der Waals surface area contributed by atoms with E-state index in [0.29, 0.717) is 12.4 Å². The molecule has 0 aromatic heterocycles. The summed E-state index contributed by atoms with van der Waals surface area (Å²) in [5.41, 5.74) is 2.40. The predicted molar refractivity (Wildman–Crippen MR) is 111 cm³/mol. The number of hydrogen-bond donors (Lipinski definition) is 0. The van der Waals surface area contributed by atoms with Gasteiger partial charge in [0.2, 0.25) is 0 Å². The lowest BCUT2D eigenvalue weighted by Gasteiger charge is -2.12. The van der Waals surface area contributed by atoms with Gasteiger partial charge in [0, 0.05) is 0 Å². The first kappa shape index (κ1) is 21.7. The number of ether oxygens (including phenoxy) is 2. The van der Waals surface area contributed by atoms with E-state index in [4.69, 9.17) is 9.47 Å². The van der Waals surface area contributed by atoms with Crippen molar-refractivity contribution in [3.63, 3.8) is 0 Å². The Bertz CT molecular complexity index is 795. The number of carbonyl (C=O) groups excluding carboxylic acids is 2. The second kappa shape index (κ2) is 11.3. The first-order chi connectivity index (χ1) is 13.5. The molecule has 2 rings (SSSR count). The summed E-state index contributed by atoms with van der Waals surface area (Å²) < 4.78 is 10.9. The minimum absolute atomic E-state index is 0.219. The molecule has 0 saturated heterocycles. The summed E-state index contributed by atoms with van der Waals surface area (Å²) in [6, 6.07) is 12.2. The highest BCUT2D eigenvalue weighted by atomic mass is 16.5. The average molecular weight is 383 g/mol. The molecule has 0 amide bonds.